The van der Waals surface area contributed by atoms with Gasteiger partial charge in [0.05, 0.1) is 5.56 Å². The molecule has 1 aromatic heterocycles. The fourth-order valence-electron chi connectivity index (χ4n) is 2.07. The van der Waals surface area contributed by atoms with Gasteiger partial charge in [0.15, 0.2) is 6.10 Å². The third-order valence-electron chi connectivity index (χ3n) is 3.50. The van der Waals surface area contributed by atoms with E-state index in [2.05, 4.69) is 0 Å². The number of nitrogens with zero attached hydrogens (tertiary/aromatic N) is 1. The normalized spacial score (nSPS) is 12.2. The van der Waals surface area contributed by atoms with Crippen LogP contribution in [0.3, 0.4) is 0 Å². The number of rotatable bonds is 5. The predicted octanol–water partition coefficient (Wildman–Crippen LogP) is 2.27. The molecular formula is C17H14ClF4N3O4. The molecule has 29 heavy (non-hydrogen) atoms. The topological polar surface area (TPSA) is 89.4 Å². The smallest absolute Gasteiger partial charge is 0.417 e. The molecule has 1 unspecified atom stereocenters. The van der Waals surface area contributed by atoms with Gasteiger partial charge in [0, 0.05) is 6.20 Å². The Kier molecular flexibility index (Phi) is 6.85. The summed E-state index contributed by atoms with van der Waals surface area (Å²) >= 11 is 5.49. The van der Waals surface area contributed by atoms with Crippen molar-refractivity contribution in [1.82, 2.24) is 15.4 Å². The van der Waals surface area contributed by atoms with E-state index in [1.54, 1.807) is 0 Å². The fourth-order valence-corrected chi connectivity index (χ4v) is 2.30. The van der Waals surface area contributed by atoms with Crippen molar-refractivity contribution >= 4 is 23.4 Å². The molecule has 0 aliphatic rings. The summed E-state index contributed by atoms with van der Waals surface area (Å²) in [6, 6.07) is 5.29. The number of hydrazine groups is 1. The highest BCUT2D eigenvalue weighted by molar-refractivity contribution is 6.30. The molecular weight excluding hydrogens is 422 g/mol. The average molecular weight is 436 g/mol. The van der Waals surface area contributed by atoms with Gasteiger partial charge < -0.3 is 9.30 Å². The maximum absolute atomic E-state index is 12.8. The van der Waals surface area contributed by atoms with Crippen molar-refractivity contribution in [2.75, 3.05) is 0 Å². The summed E-state index contributed by atoms with van der Waals surface area (Å²) in [4.78, 5) is 35.6. The van der Waals surface area contributed by atoms with Crippen molar-refractivity contribution in [2.45, 2.75) is 25.7 Å². The zero-order valence-electron chi connectivity index (χ0n) is 14.7. The molecule has 0 saturated heterocycles. The number of pyridine rings is 1. The minimum Gasteiger partial charge on any atom is -0.481 e. The molecule has 0 spiro atoms. The molecule has 0 fully saturated rings. The van der Waals surface area contributed by atoms with E-state index in [0.717, 1.165) is 12.1 Å². The molecule has 1 heterocycles. The van der Waals surface area contributed by atoms with E-state index < -0.39 is 52.6 Å². The number of nitrogens with one attached hydrogen (secondary N) is 2. The summed E-state index contributed by atoms with van der Waals surface area (Å²) < 4.78 is 56.9. The molecule has 2 N–H and O–H groups in total. The zero-order valence-corrected chi connectivity index (χ0v) is 15.5. The van der Waals surface area contributed by atoms with E-state index in [0.29, 0.717) is 16.8 Å². The van der Waals surface area contributed by atoms with Gasteiger partial charge in [0.25, 0.3) is 17.4 Å². The standard InChI is InChI=1S/C17H14ClF4N3O4/c1-9(29-12-4-2-11(19)3-5-12)15(27)24-23-14(26)8-25-7-10(17(20,21)22)6-13(18)16(25)28/h2-7,9H,8H2,1H3,(H,23,26)(H,24,27). The lowest BCUT2D eigenvalue weighted by atomic mass is 10.2. The van der Waals surface area contributed by atoms with Crippen LogP contribution in [0.5, 0.6) is 5.75 Å². The van der Waals surface area contributed by atoms with Crippen LogP contribution in [-0.4, -0.2) is 22.5 Å². The third-order valence-corrected chi connectivity index (χ3v) is 3.78. The van der Waals surface area contributed by atoms with Crippen LogP contribution in [0.15, 0.2) is 41.3 Å². The van der Waals surface area contributed by atoms with Crippen LogP contribution in [-0.2, 0) is 22.3 Å². The first kappa shape index (κ1) is 22.2. The quantitative estimate of drug-likeness (QED) is 0.557. The monoisotopic (exact) mass is 435 g/mol. The van der Waals surface area contributed by atoms with E-state index >= 15 is 0 Å². The second kappa shape index (κ2) is 8.95. The first-order valence-electron chi connectivity index (χ1n) is 7.95. The van der Waals surface area contributed by atoms with E-state index in [1.165, 1.54) is 19.1 Å². The second-order valence-electron chi connectivity index (χ2n) is 5.76. The van der Waals surface area contributed by atoms with Crippen LogP contribution in [0, 0.1) is 5.82 Å². The Bertz CT molecular complexity index is 961. The summed E-state index contributed by atoms with van der Waals surface area (Å²) in [5.74, 6) is -2.07. The molecule has 0 aliphatic carbocycles. The third kappa shape index (κ3) is 6.21. The van der Waals surface area contributed by atoms with Crippen molar-refractivity contribution in [3.05, 3.63) is 63.3 Å². The second-order valence-corrected chi connectivity index (χ2v) is 6.17. The van der Waals surface area contributed by atoms with E-state index in [1.807, 2.05) is 10.9 Å². The molecule has 2 amide bonds. The van der Waals surface area contributed by atoms with Gasteiger partial charge in [-0.15, -0.1) is 0 Å². The predicted molar refractivity (Wildman–Crippen MR) is 93.5 cm³/mol. The Labute approximate surface area is 166 Å². The lowest BCUT2D eigenvalue weighted by Gasteiger charge is -2.16. The van der Waals surface area contributed by atoms with Crippen molar-refractivity contribution in [3.63, 3.8) is 0 Å². The van der Waals surface area contributed by atoms with Gasteiger partial charge in [0.1, 0.15) is 23.1 Å². The van der Waals surface area contributed by atoms with Crippen LogP contribution in [0.2, 0.25) is 5.02 Å². The van der Waals surface area contributed by atoms with Gasteiger partial charge in [-0.1, -0.05) is 11.6 Å². The van der Waals surface area contributed by atoms with E-state index in [9.17, 15) is 31.9 Å². The Morgan fingerprint density at radius 3 is 2.41 bits per heavy atom. The highest BCUT2D eigenvalue weighted by Crippen LogP contribution is 2.29. The molecule has 1 aromatic carbocycles. The number of carbonyl (C=O) groups is 2. The van der Waals surface area contributed by atoms with Crippen LogP contribution < -0.4 is 21.1 Å². The number of alkyl halides is 3. The Hall–Kier alpha value is -3.08. The average Bonchev–Trinajstić information content (AvgIpc) is 2.64. The molecule has 0 saturated carbocycles. The largest absolute Gasteiger partial charge is 0.481 e. The van der Waals surface area contributed by atoms with Crippen molar-refractivity contribution in [3.8, 4) is 5.75 Å². The SMILES string of the molecule is CC(Oc1ccc(F)cc1)C(=O)NNC(=O)Cn1cc(C(F)(F)F)cc(Cl)c1=O. The Morgan fingerprint density at radius 1 is 1.21 bits per heavy atom. The number of hydrogen-bond acceptors (Lipinski definition) is 4. The number of hydrogen-bond donors (Lipinski definition) is 2. The van der Waals surface area contributed by atoms with Crippen molar-refractivity contribution < 1.29 is 31.9 Å². The molecule has 2 rings (SSSR count). The summed E-state index contributed by atoms with van der Waals surface area (Å²) in [6.07, 6.45) is -5.42. The number of amides is 2. The number of carbonyl (C=O) groups excluding carboxylic acids is 2. The van der Waals surface area contributed by atoms with Crippen LogP contribution in [0.1, 0.15) is 12.5 Å². The maximum atomic E-state index is 12.8. The molecule has 156 valence electrons. The molecule has 0 bridgehead atoms. The minimum absolute atomic E-state index is 0.200. The van der Waals surface area contributed by atoms with Gasteiger partial charge in [0.2, 0.25) is 0 Å². The maximum Gasteiger partial charge on any atom is 0.417 e. The van der Waals surface area contributed by atoms with Crippen LogP contribution in [0.4, 0.5) is 17.6 Å². The van der Waals surface area contributed by atoms with Gasteiger partial charge in [-0.2, -0.15) is 13.2 Å². The summed E-state index contributed by atoms with van der Waals surface area (Å²) in [6.45, 7) is 0.526. The fraction of sp³-hybridized carbons (Fsp3) is 0.235. The number of ether oxygens (including phenoxy) is 1. The van der Waals surface area contributed by atoms with Crippen LogP contribution in [0.25, 0.3) is 0 Å². The summed E-state index contributed by atoms with van der Waals surface area (Å²) in [7, 11) is 0. The molecule has 7 nitrogen and oxygen atoms in total. The lowest BCUT2D eigenvalue weighted by molar-refractivity contribution is -0.138. The number of halogens is 5. The molecule has 1 atom stereocenters. The first-order chi connectivity index (χ1) is 13.5. The Balaban J connectivity index is 1.95. The summed E-state index contributed by atoms with van der Waals surface area (Å²) in [5.41, 5.74) is 1.74. The molecule has 0 radical (unpaired) electrons. The number of benzene rings is 1. The van der Waals surface area contributed by atoms with E-state index in [-0.39, 0.29) is 5.75 Å². The molecule has 12 heteroatoms. The zero-order chi connectivity index (χ0) is 21.8. The minimum atomic E-state index is -4.77. The first-order valence-corrected chi connectivity index (χ1v) is 8.33. The van der Waals surface area contributed by atoms with Gasteiger partial charge in [-0.3, -0.25) is 25.2 Å². The highest BCUT2D eigenvalue weighted by Gasteiger charge is 2.32. The van der Waals surface area contributed by atoms with E-state index in [4.69, 9.17) is 16.3 Å². The molecule has 0 aliphatic heterocycles. The van der Waals surface area contributed by atoms with Gasteiger partial charge >= 0.3 is 6.18 Å². The van der Waals surface area contributed by atoms with Gasteiger partial charge in [-0.05, 0) is 37.3 Å². The van der Waals surface area contributed by atoms with Gasteiger partial charge in [-0.25, -0.2) is 4.39 Å². The highest BCUT2D eigenvalue weighted by atomic mass is 35.5. The van der Waals surface area contributed by atoms with Crippen molar-refractivity contribution in [2.24, 2.45) is 0 Å². The Morgan fingerprint density at radius 2 is 1.83 bits per heavy atom. The summed E-state index contributed by atoms with van der Waals surface area (Å²) in [5, 5.41) is -0.710. The molecule has 2 aromatic rings. The van der Waals surface area contributed by atoms with Crippen molar-refractivity contribution in [1.29, 1.82) is 0 Å². The number of aromatic nitrogens is 1. The van der Waals surface area contributed by atoms with Crippen LogP contribution >= 0.6 is 11.6 Å². The lowest BCUT2D eigenvalue weighted by Crippen LogP contribution is -2.48.